The number of rotatable bonds is 4. The van der Waals surface area contributed by atoms with Crippen molar-refractivity contribution in [1.29, 1.82) is 0 Å². The van der Waals surface area contributed by atoms with Crippen LogP contribution in [-0.2, 0) is 6.61 Å². The van der Waals surface area contributed by atoms with E-state index in [1.807, 2.05) is 0 Å². The van der Waals surface area contributed by atoms with Crippen molar-refractivity contribution in [2.75, 3.05) is 5.73 Å². The van der Waals surface area contributed by atoms with Crippen LogP contribution in [0.5, 0.6) is 5.75 Å². The van der Waals surface area contributed by atoms with Gasteiger partial charge < -0.3 is 10.5 Å². The molecule has 98 valence electrons. The Morgan fingerprint density at radius 3 is 2.53 bits per heavy atom. The van der Waals surface area contributed by atoms with Gasteiger partial charge in [-0.2, -0.15) is 0 Å². The summed E-state index contributed by atoms with van der Waals surface area (Å²) >= 11 is 0. The molecule has 6 heteroatoms. The summed E-state index contributed by atoms with van der Waals surface area (Å²) in [6.07, 6.45) is 0. The van der Waals surface area contributed by atoms with Crippen molar-refractivity contribution < 1.29 is 14.1 Å². The average molecular weight is 262 g/mol. The fraction of sp³-hybridized carbons (Fsp3) is 0.0769. The van der Waals surface area contributed by atoms with E-state index >= 15 is 0 Å². The highest BCUT2D eigenvalue weighted by Gasteiger charge is 2.14. The molecule has 0 unspecified atom stereocenters. The molecule has 2 aromatic carbocycles. The maximum atomic E-state index is 13.1. The van der Waals surface area contributed by atoms with E-state index in [-0.39, 0.29) is 17.9 Å². The standard InChI is InChI=1S/C13H11FN2O3/c14-10-1-6-13(16(17)18)9(7-10)8-19-12-4-2-11(15)3-5-12/h1-7H,8,15H2. The number of nitrogen functional groups attached to an aromatic ring is 1. The third kappa shape index (κ3) is 3.19. The van der Waals surface area contributed by atoms with Gasteiger partial charge >= 0.3 is 0 Å². The van der Waals surface area contributed by atoms with Crippen LogP contribution in [0.2, 0.25) is 0 Å². The fourth-order valence-corrected chi connectivity index (χ4v) is 1.57. The van der Waals surface area contributed by atoms with Crippen molar-refractivity contribution in [3.8, 4) is 5.75 Å². The quantitative estimate of drug-likeness (QED) is 0.522. The zero-order valence-corrected chi connectivity index (χ0v) is 9.88. The third-order valence-electron chi connectivity index (χ3n) is 2.51. The Morgan fingerprint density at radius 2 is 1.89 bits per heavy atom. The lowest BCUT2D eigenvalue weighted by atomic mass is 10.2. The van der Waals surface area contributed by atoms with Crippen LogP contribution in [0.15, 0.2) is 42.5 Å². The van der Waals surface area contributed by atoms with Crippen LogP contribution in [-0.4, -0.2) is 4.92 Å². The Bertz CT molecular complexity index is 599. The van der Waals surface area contributed by atoms with Gasteiger partial charge in [0, 0.05) is 11.8 Å². The summed E-state index contributed by atoms with van der Waals surface area (Å²) in [5.41, 5.74) is 6.12. The number of nitrogens with zero attached hydrogens (tertiary/aromatic N) is 1. The molecule has 2 rings (SSSR count). The predicted molar refractivity (Wildman–Crippen MR) is 68.2 cm³/mol. The van der Waals surface area contributed by atoms with Crippen LogP contribution < -0.4 is 10.5 Å². The monoisotopic (exact) mass is 262 g/mol. The molecule has 2 aromatic rings. The number of nitrogens with two attached hydrogens (primary N) is 1. The van der Waals surface area contributed by atoms with Crippen LogP contribution in [0.3, 0.4) is 0 Å². The number of nitro groups is 1. The first-order valence-electron chi connectivity index (χ1n) is 5.47. The molecule has 0 saturated heterocycles. The summed E-state index contributed by atoms with van der Waals surface area (Å²) in [7, 11) is 0. The summed E-state index contributed by atoms with van der Waals surface area (Å²) in [5, 5.41) is 10.8. The van der Waals surface area contributed by atoms with Gasteiger partial charge in [0.2, 0.25) is 0 Å². The first-order chi connectivity index (χ1) is 9.06. The summed E-state index contributed by atoms with van der Waals surface area (Å²) < 4.78 is 18.5. The minimum absolute atomic E-state index is 0.0853. The molecule has 0 atom stereocenters. The molecular formula is C13H11FN2O3. The molecule has 0 fully saturated rings. The maximum Gasteiger partial charge on any atom is 0.276 e. The maximum absolute atomic E-state index is 13.1. The second-order valence-electron chi connectivity index (χ2n) is 3.89. The van der Waals surface area contributed by atoms with E-state index in [4.69, 9.17) is 10.5 Å². The average Bonchev–Trinajstić information content (AvgIpc) is 2.38. The number of nitro benzene ring substituents is 1. The molecule has 0 aliphatic carbocycles. The topological polar surface area (TPSA) is 78.4 Å². The van der Waals surface area contributed by atoms with E-state index in [9.17, 15) is 14.5 Å². The van der Waals surface area contributed by atoms with Gasteiger partial charge in [-0.25, -0.2) is 4.39 Å². The van der Waals surface area contributed by atoms with Gasteiger partial charge in [-0.15, -0.1) is 0 Å². The Balaban J connectivity index is 2.16. The molecule has 0 bridgehead atoms. The highest BCUT2D eigenvalue weighted by Crippen LogP contribution is 2.22. The van der Waals surface area contributed by atoms with Gasteiger partial charge in [-0.1, -0.05) is 0 Å². The number of hydrogen-bond donors (Lipinski definition) is 1. The zero-order chi connectivity index (χ0) is 13.8. The van der Waals surface area contributed by atoms with Crippen LogP contribution in [0.1, 0.15) is 5.56 Å². The normalized spacial score (nSPS) is 10.2. The zero-order valence-electron chi connectivity index (χ0n) is 9.88. The Morgan fingerprint density at radius 1 is 1.21 bits per heavy atom. The Hall–Kier alpha value is -2.63. The number of halogens is 1. The minimum atomic E-state index is -0.568. The van der Waals surface area contributed by atoms with Gasteiger partial charge in [-0.3, -0.25) is 10.1 Å². The van der Waals surface area contributed by atoms with E-state index < -0.39 is 10.7 Å². The van der Waals surface area contributed by atoms with Crippen LogP contribution >= 0.6 is 0 Å². The largest absolute Gasteiger partial charge is 0.489 e. The number of benzene rings is 2. The second-order valence-corrected chi connectivity index (χ2v) is 3.89. The lowest BCUT2D eigenvalue weighted by Gasteiger charge is -2.07. The molecule has 0 amide bonds. The molecular weight excluding hydrogens is 251 g/mol. The lowest BCUT2D eigenvalue weighted by molar-refractivity contribution is -0.385. The molecule has 0 saturated carbocycles. The summed E-state index contributed by atoms with van der Waals surface area (Å²) in [6, 6.07) is 9.84. The van der Waals surface area contributed by atoms with Gasteiger partial charge in [-0.05, 0) is 36.4 Å². The molecule has 0 aromatic heterocycles. The van der Waals surface area contributed by atoms with Crippen molar-refractivity contribution in [1.82, 2.24) is 0 Å². The molecule has 5 nitrogen and oxygen atoms in total. The fourth-order valence-electron chi connectivity index (χ4n) is 1.57. The van der Waals surface area contributed by atoms with E-state index in [1.165, 1.54) is 0 Å². The Kier molecular flexibility index (Phi) is 3.61. The highest BCUT2D eigenvalue weighted by atomic mass is 19.1. The van der Waals surface area contributed by atoms with Crippen LogP contribution in [0.4, 0.5) is 15.8 Å². The van der Waals surface area contributed by atoms with Gasteiger partial charge in [0.05, 0.1) is 10.5 Å². The van der Waals surface area contributed by atoms with E-state index in [1.54, 1.807) is 24.3 Å². The number of ether oxygens (including phenoxy) is 1. The molecule has 0 aliphatic heterocycles. The third-order valence-corrected chi connectivity index (χ3v) is 2.51. The van der Waals surface area contributed by atoms with Crippen molar-refractivity contribution in [2.24, 2.45) is 0 Å². The first-order valence-corrected chi connectivity index (χ1v) is 5.47. The summed E-state index contributed by atoms with van der Waals surface area (Å²) in [5.74, 6) is -0.0331. The molecule has 19 heavy (non-hydrogen) atoms. The van der Waals surface area contributed by atoms with Crippen molar-refractivity contribution in [3.63, 3.8) is 0 Å². The van der Waals surface area contributed by atoms with Crippen LogP contribution in [0.25, 0.3) is 0 Å². The number of hydrogen-bond acceptors (Lipinski definition) is 4. The molecule has 2 N–H and O–H groups in total. The second kappa shape index (κ2) is 5.34. The van der Waals surface area contributed by atoms with Gasteiger partial charge in [0.15, 0.2) is 0 Å². The van der Waals surface area contributed by atoms with E-state index in [0.717, 1.165) is 18.2 Å². The van der Waals surface area contributed by atoms with Gasteiger partial charge in [0.25, 0.3) is 5.69 Å². The molecule has 0 radical (unpaired) electrons. The molecule has 0 aliphatic rings. The Labute approximate surface area is 108 Å². The van der Waals surface area contributed by atoms with E-state index in [0.29, 0.717) is 11.4 Å². The first kappa shape index (κ1) is 12.8. The minimum Gasteiger partial charge on any atom is -0.489 e. The lowest BCUT2D eigenvalue weighted by Crippen LogP contribution is -2.01. The van der Waals surface area contributed by atoms with Crippen molar-refractivity contribution in [3.05, 3.63) is 64.0 Å². The summed E-state index contributed by atoms with van der Waals surface area (Å²) in [6.45, 7) is -0.0853. The SMILES string of the molecule is Nc1ccc(OCc2cc(F)ccc2[N+](=O)[O-])cc1. The number of anilines is 1. The van der Waals surface area contributed by atoms with Crippen molar-refractivity contribution >= 4 is 11.4 Å². The van der Waals surface area contributed by atoms with Crippen molar-refractivity contribution in [2.45, 2.75) is 6.61 Å². The van der Waals surface area contributed by atoms with Crippen LogP contribution in [0, 0.1) is 15.9 Å². The predicted octanol–water partition coefficient (Wildman–Crippen LogP) is 2.90. The molecule has 0 spiro atoms. The highest BCUT2D eigenvalue weighted by molar-refractivity contribution is 5.43. The van der Waals surface area contributed by atoms with Gasteiger partial charge in [0.1, 0.15) is 18.2 Å². The summed E-state index contributed by atoms with van der Waals surface area (Å²) in [4.78, 5) is 10.2. The molecule has 0 heterocycles. The smallest absolute Gasteiger partial charge is 0.276 e. The van der Waals surface area contributed by atoms with E-state index in [2.05, 4.69) is 0 Å².